The zero-order valence-electron chi connectivity index (χ0n) is 16.7. The summed E-state index contributed by atoms with van der Waals surface area (Å²) in [4.78, 5) is 37.6. The van der Waals surface area contributed by atoms with Gasteiger partial charge in [-0.2, -0.15) is 0 Å². The smallest absolute Gasteiger partial charge is 0.320 e. The van der Waals surface area contributed by atoms with Crippen molar-refractivity contribution in [3.05, 3.63) is 92.8 Å². The van der Waals surface area contributed by atoms with Gasteiger partial charge in [0.05, 0.1) is 12.6 Å². The van der Waals surface area contributed by atoms with Gasteiger partial charge in [0, 0.05) is 18.1 Å². The van der Waals surface area contributed by atoms with Gasteiger partial charge in [-0.3, -0.25) is 23.5 Å². The minimum absolute atomic E-state index is 0.0615. The Bertz CT molecular complexity index is 1180. The molecule has 7 heteroatoms. The molecule has 0 aliphatic heterocycles. The molecule has 0 radical (unpaired) electrons. The van der Waals surface area contributed by atoms with Crippen molar-refractivity contribution in [2.24, 2.45) is 0 Å². The van der Waals surface area contributed by atoms with Gasteiger partial charge in [0.25, 0.3) is 0 Å². The summed E-state index contributed by atoms with van der Waals surface area (Å²) >= 11 is 0. The summed E-state index contributed by atoms with van der Waals surface area (Å²) in [5.41, 5.74) is 1.45. The van der Waals surface area contributed by atoms with Crippen molar-refractivity contribution in [1.29, 1.82) is 0 Å². The number of hydrogen-bond acceptors (Lipinski definition) is 4. The molecule has 2 aromatic carbocycles. The van der Waals surface area contributed by atoms with Crippen molar-refractivity contribution >= 4 is 5.91 Å². The third kappa shape index (κ3) is 3.91. The summed E-state index contributed by atoms with van der Waals surface area (Å²) in [5.74, 6) is 0.393. The standard InChI is InChI=1S/C23H23N3O4/c1-2-30-18-10-8-17(9-11-18)26-14-13-25(22(28)23(26)29)15-21(27)24-20-12-7-16-5-3-4-6-19(16)20/h3-6,8-11,13-14,20H,2,7,12,15H2,1H3,(H,24,27)/t20-/m0/s1. The van der Waals surface area contributed by atoms with Gasteiger partial charge in [-0.15, -0.1) is 0 Å². The lowest BCUT2D eigenvalue weighted by molar-refractivity contribution is -0.122. The number of amides is 1. The van der Waals surface area contributed by atoms with E-state index in [-0.39, 0.29) is 18.5 Å². The summed E-state index contributed by atoms with van der Waals surface area (Å²) in [6.45, 7) is 2.24. The summed E-state index contributed by atoms with van der Waals surface area (Å²) < 4.78 is 7.80. The second-order valence-corrected chi connectivity index (χ2v) is 7.19. The van der Waals surface area contributed by atoms with E-state index in [0.717, 1.165) is 23.0 Å². The average molecular weight is 405 g/mol. The van der Waals surface area contributed by atoms with E-state index in [9.17, 15) is 14.4 Å². The van der Waals surface area contributed by atoms with Crippen LogP contribution in [0.3, 0.4) is 0 Å². The first kappa shape index (κ1) is 19.7. The van der Waals surface area contributed by atoms with Crippen LogP contribution in [0.15, 0.2) is 70.5 Å². The third-order valence-electron chi connectivity index (χ3n) is 5.27. The number of ether oxygens (including phenoxy) is 1. The molecule has 3 aromatic rings. The van der Waals surface area contributed by atoms with E-state index in [2.05, 4.69) is 11.4 Å². The molecular formula is C23H23N3O4. The number of aromatic nitrogens is 2. The van der Waals surface area contributed by atoms with Crippen LogP contribution in [0.25, 0.3) is 5.69 Å². The van der Waals surface area contributed by atoms with Crippen LogP contribution in [0, 0.1) is 0 Å². The van der Waals surface area contributed by atoms with E-state index in [4.69, 9.17) is 4.74 Å². The van der Waals surface area contributed by atoms with Crippen LogP contribution in [0.5, 0.6) is 5.75 Å². The molecule has 1 heterocycles. The number of carbonyl (C=O) groups excluding carboxylic acids is 1. The third-order valence-corrected chi connectivity index (χ3v) is 5.27. The van der Waals surface area contributed by atoms with Gasteiger partial charge >= 0.3 is 11.1 Å². The molecule has 0 unspecified atom stereocenters. The zero-order valence-corrected chi connectivity index (χ0v) is 16.7. The molecule has 4 rings (SSSR count). The minimum Gasteiger partial charge on any atom is -0.494 e. The molecule has 7 nitrogen and oxygen atoms in total. The fraction of sp³-hybridized carbons (Fsp3) is 0.261. The van der Waals surface area contributed by atoms with E-state index in [0.29, 0.717) is 18.0 Å². The predicted octanol–water partition coefficient (Wildman–Crippen LogP) is 2.20. The van der Waals surface area contributed by atoms with Crippen molar-refractivity contribution in [2.75, 3.05) is 6.61 Å². The van der Waals surface area contributed by atoms with Crippen LogP contribution in [0.2, 0.25) is 0 Å². The number of carbonyl (C=O) groups is 1. The Kier molecular flexibility index (Phi) is 5.52. The summed E-state index contributed by atoms with van der Waals surface area (Å²) in [6, 6.07) is 14.8. The first-order valence-corrected chi connectivity index (χ1v) is 9.99. The quantitative estimate of drug-likeness (QED) is 0.638. The Morgan fingerprint density at radius 2 is 1.83 bits per heavy atom. The van der Waals surface area contributed by atoms with Gasteiger partial charge in [0.2, 0.25) is 5.91 Å². The van der Waals surface area contributed by atoms with Gasteiger partial charge in [-0.05, 0) is 55.2 Å². The van der Waals surface area contributed by atoms with E-state index in [1.165, 1.54) is 22.5 Å². The Morgan fingerprint density at radius 1 is 1.07 bits per heavy atom. The van der Waals surface area contributed by atoms with Crippen molar-refractivity contribution in [3.8, 4) is 11.4 Å². The first-order chi connectivity index (χ1) is 14.6. The lowest BCUT2D eigenvalue weighted by atomic mass is 10.1. The zero-order chi connectivity index (χ0) is 21.1. The molecule has 1 atom stereocenters. The SMILES string of the molecule is CCOc1ccc(-n2ccn(CC(=O)N[C@H]3CCc4ccccc43)c(=O)c2=O)cc1. The van der Waals surface area contributed by atoms with E-state index in [1.807, 2.05) is 25.1 Å². The van der Waals surface area contributed by atoms with E-state index >= 15 is 0 Å². The molecule has 0 bridgehead atoms. The number of fused-ring (bicyclic) bond motifs is 1. The monoisotopic (exact) mass is 405 g/mol. The van der Waals surface area contributed by atoms with Crippen molar-refractivity contribution < 1.29 is 9.53 Å². The van der Waals surface area contributed by atoms with Crippen LogP contribution >= 0.6 is 0 Å². The van der Waals surface area contributed by atoms with E-state index < -0.39 is 11.1 Å². The van der Waals surface area contributed by atoms with Crippen molar-refractivity contribution in [2.45, 2.75) is 32.4 Å². The molecule has 1 N–H and O–H groups in total. The molecular weight excluding hydrogens is 382 g/mol. The maximum absolute atomic E-state index is 12.6. The maximum atomic E-state index is 12.6. The lowest BCUT2D eigenvalue weighted by Crippen LogP contribution is -2.42. The van der Waals surface area contributed by atoms with Gasteiger partial charge in [0.1, 0.15) is 12.3 Å². The van der Waals surface area contributed by atoms with E-state index in [1.54, 1.807) is 24.3 Å². The normalized spacial score (nSPS) is 14.9. The fourth-order valence-corrected chi connectivity index (χ4v) is 3.81. The topological polar surface area (TPSA) is 82.3 Å². The second kappa shape index (κ2) is 8.41. The molecule has 154 valence electrons. The first-order valence-electron chi connectivity index (χ1n) is 9.99. The van der Waals surface area contributed by atoms with Gasteiger partial charge in [-0.1, -0.05) is 24.3 Å². The summed E-state index contributed by atoms with van der Waals surface area (Å²) in [6.07, 6.45) is 4.71. The van der Waals surface area contributed by atoms with Crippen LogP contribution in [-0.4, -0.2) is 21.6 Å². The number of aryl methyl sites for hydroxylation is 1. The number of nitrogens with one attached hydrogen (secondary N) is 1. The molecule has 1 aliphatic carbocycles. The van der Waals surface area contributed by atoms with Crippen molar-refractivity contribution in [3.63, 3.8) is 0 Å². The van der Waals surface area contributed by atoms with Crippen molar-refractivity contribution in [1.82, 2.24) is 14.5 Å². The number of nitrogens with zero attached hydrogens (tertiary/aromatic N) is 2. The molecule has 1 amide bonds. The Morgan fingerprint density at radius 3 is 2.60 bits per heavy atom. The highest BCUT2D eigenvalue weighted by molar-refractivity contribution is 5.76. The highest BCUT2D eigenvalue weighted by Crippen LogP contribution is 2.30. The van der Waals surface area contributed by atoms with Gasteiger partial charge in [0.15, 0.2) is 0 Å². The van der Waals surface area contributed by atoms with Crippen LogP contribution in [-0.2, 0) is 17.8 Å². The van der Waals surface area contributed by atoms with Gasteiger partial charge in [-0.25, -0.2) is 0 Å². The molecule has 30 heavy (non-hydrogen) atoms. The Labute approximate surface area is 173 Å². The molecule has 0 spiro atoms. The predicted molar refractivity (Wildman–Crippen MR) is 113 cm³/mol. The maximum Gasteiger partial charge on any atom is 0.320 e. The Hall–Kier alpha value is -3.61. The number of rotatable bonds is 6. The molecule has 0 saturated carbocycles. The van der Waals surface area contributed by atoms with Crippen LogP contribution in [0.4, 0.5) is 0 Å². The summed E-state index contributed by atoms with van der Waals surface area (Å²) in [7, 11) is 0. The highest BCUT2D eigenvalue weighted by Gasteiger charge is 2.23. The number of benzene rings is 2. The molecule has 1 aliphatic rings. The molecule has 0 fully saturated rings. The largest absolute Gasteiger partial charge is 0.494 e. The molecule has 0 saturated heterocycles. The van der Waals surface area contributed by atoms with Gasteiger partial charge < -0.3 is 10.1 Å². The number of hydrogen-bond donors (Lipinski definition) is 1. The Balaban J connectivity index is 1.49. The second-order valence-electron chi connectivity index (χ2n) is 7.19. The fourth-order valence-electron chi connectivity index (χ4n) is 3.81. The lowest BCUT2D eigenvalue weighted by Gasteiger charge is -2.15. The highest BCUT2D eigenvalue weighted by atomic mass is 16.5. The molecule has 1 aromatic heterocycles. The van der Waals surface area contributed by atoms with Crippen LogP contribution < -0.4 is 21.2 Å². The average Bonchev–Trinajstić information content (AvgIpc) is 3.15. The van der Waals surface area contributed by atoms with Crippen LogP contribution in [0.1, 0.15) is 30.5 Å². The summed E-state index contributed by atoms with van der Waals surface area (Å²) in [5, 5.41) is 2.97. The minimum atomic E-state index is -0.742.